The van der Waals surface area contributed by atoms with E-state index in [0.29, 0.717) is 0 Å². The largest absolute Gasteiger partial charge is 0.371 e. The number of hydrogen-bond donors (Lipinski definition) is 0. The van der Waals surface area contributed by atoms with Crippen LogP contribution in [-0.2, 0) is 44.3 Å². The van der Waals surface area contributed by atoms with Crippen molar-refractivity contribution in [2.45, 2.75) is 55.3 Å². The second-order valence-electron chi connectivity index (χ2n) is 15.2. The predicted molar refractivity (Wildman–Crippen MR) is 182 cm³/mol. The summed E-state index contributed by atoms with van der Waals surface area (Å²) in [6.45, 7) is 13.7. The van der Waals surface area contributed by atoms with Crippen LogP contribution in [0, 0.1) is 0 Å². The van der Waals surface area contributed by atoms with Crippen LogP contribution in [-0.4, -0.2) is 154 Å². The SMILES string of the molecule is c1c(Cc2cc(N(CC3CO3)CC3CO3)cc(N(CC3CO3)CC3CO3)c2)cc(N(CC2CO2)CC2CO2)cc1N(CC1CO1)CC1CO1. The van der Waals surface area contributed by atoms with Gasteiger partial charge in [0.1, 0.15) is 0 Å². The molecule has 8 aliphatic heterocycles. The van der Waals surface area contributed by atoms with Crippen molar-refractivity contribution in [3.63, 3.8) is 0 Å². The monoisotopic (exact) mass is 676 g/mol. The lowest BCUT2D eigenvalue weighted by Crippen LogP contribution is -2.34. The first-order valence-electron chi connectivity index (χ1n) is 18.3. The van der Waals surface area contributed by atoms with Gasteiger partial charge in [0, 0.05) is 75.1 Å². The highest BCUT2D eigenvalue weighted by molar-refractivity contribution is 5.66. The molecule has 2 aromatic carbocycles. The van der Waals surface area contributed by atoms with E-state index < -0.39 is 0 Å². The smallest absolute Gasteiger partial charge is 0.0984 e. The summed E-state index contributed by atoms with van der Waals surface area (Å²) in [5.74, 6) is 0. The Morgan fingerprint density at radius 3 is 0.673 bits per heavy atom. The molecule has 0 aliphatic carbocycles. The van der Waals surface area contributed by atoms with Gasteiger partial charge in [0.15, 0.2) is 0 Å². The van der Waals surface area contributed by atoms with Crippen LogP contribution in [0.25, 0.3) is 0 Å². The molecule has 10 rings (SSSR count). The molecule has 8 aliphatic rings. The Morgan fingerprint density at radius 1 is 0.327 bits per heavy atom. The number of ether oxygens (including phenoxy) is 8. The first kappa shape index (κ1) is 31.1. The van der Waals surface area contributed by atoms with E-state index in [1.165, 1.54) is 33.9 Å². The molecule has 0 bridgehead atoms. The summed E-state index contributed by atoms with van der Waals surface area (Å²) in [5, 5.41) is 0. The first-order valence-corrected chi connectivity index (χ1v) is 18.3. The topological polar surface area (TPSA) is 113 Å². The molecule has 0 aromatic heterocycles. The van der Waals surface area contributed by atoms with Gasteiger partial charge in [0.2, 0.25) is 0 Å². The van der Waals surface area contributed by atoms with Gasteiger partial charge in [-0.15, -0.1) is 0 Å². The van der Waals surface area contributed by atoms with Crippen molar-refractivity contribution in [2.24, 2.45) is 0 Å². The van der Waals surface area contributed by atoms with E-state index in [0.717, 1.165) is 112 Å². The fraction of sp³-hybridized carbons (Fsp3) is 0.676. The minimum Gasteiger partial charge on any atom is -0.371 e. The maximum atomic E-state index is 5.72. The third kappa shape index (κ3) is 8.98. The molecule has 0 amide bonds. The van der Waals surface area contributed by atoms with E-state index in [1.807, 2.05) is 0 Å². The maximum absolute atomic E-state index is 5.72. The molecule has 12 nitrogen and oxygen atoms in total. The molecule has 0 radical (unpaired) electrons. The van der Waals surface area contributed by atoms with Crippen LogP contribution >= 0.6 is 0 Å². The Hall–Kier alpha value is -2.68. The summed E-state index contributed by atoms with van der Waals surface area (Å²) in [4.78, 5) is 9.90. The molecular weight excluding hydrogens is 628 g/mol. The third-order valence-electron chi connectivity index (χ3n) is 10.4. The maximum Gasteiger partial charge on any atom is 0.0984 e. The quantitative estimate of drug-likeness (QED) is 0.169. The van der Waals surface area contributed by atoms with Gasteiger partial charge in [0.05, 0.1) is 102 Å². The van der Waals surface area contributed by atoms with Crippen molar-refractivity contribution in [1.82, 2.24) is 0 Å². The lowest BCUT2D eigenvalue weighted by atomic mass is 10.0. The molecule has 49 heavy (non-hydrogen) atoms. The van der Waals surface area contributed by atoms with Gasteiger partial charge in [-0.05, 0) is 53.9 Å². The van der Waals surface area contributed by atoms with E-state index in [2.05, 4.69) is 56.0 Å². The first-order chi connectivity index (χ1) is 24.1. The van der Waals surface area contributed by atoms with Crippen LogP contribution < -0.4 is 19.6 Å². The molecule has 12 heteroatoms. The molecular formula is C37H48N4O8. The van der Waals surface area contributed by atoms with Crippen LogP contribution in [0.3, 0.4) is 0 Å². The molecule has 8 saturated heterocycles. The molecule has 0 saturated carbocycles. The number of hydrogen-bond acceptors (Lipinski definition) is 12. The van der Waals surface area contributed by atoms with Gasteiger partial charge >= 0.3 is 0 Å². The van der Waals surface area contributed by atoms with Crippen LogP contribution in [0.2, 0.25) is 0 Å². The predicted octanol–water partition coefficient (Wildman–Crippen LogP) is 1.69. The van der Waals surface area contributed by atoms with Gasteiger partial charge in [0.25, 0.3) is 0 Å². The van der Waals surface area contributed by atoms with E-state index >= 15 is 0 Å². The van der Waals surface area contributed by atoms with Crippen molar-refractivity contribution in [3.8, 4) is 0 Å². The Bertz CT molecular complexity index is 1220. The molecule has 8 heterocycles. The highest BCUT2D eigenvalue weighted by Crippen LogP contribution is 2.35. The van der Waals surface area contributed by atoms with Crippen molar-refractivity contribution >= 4 is 22.7 Å². The number of nitrogens with zero attached hydrogens (tertiary/aromatic N) is 4. The van der Waals surface area contributed by atoms with Crippen LogP contribution in [0.1, 0.15) is 11.1 Å². The number of anilines is 4. The lowest BCUT2D eigenvalue weighted by Gasteiger charge is -2.30. The zero-order valence-corrected chi connectivity index (χ0v) is 28.2. The second kappa shape index (κ2) is 13.1. The van der Waals surface area contributed by atoms with Gasteiger partial charge in [-0.1, -0.05) is 0 Å². The summed E-state index contributed by atoms with van der Waals surface area (Å²) < 4.78 is 45.7. The van der Waals surface area contributed by atoms with Crippen molar-refractivity contribution in [1.29, 1.82) is 0 Å². The molecule has 8 atom stereocenters. The standard InChI is InChI=1S/C37H48N4O8/c1(24-2-26(38(8-30-16-42-30)9-31-17-43-31)6-27(3-24)39(10-32-18-44-32)11-33-19-45-33)25-4-28(40(12-34-20-46-34)13-35-21-47-35)7-29(5-25)41(14-36-22-48-36)15-37-23-49-37/h2-7,30-37H,1,8-23H2. The summed E-state index contributed by atoms with van der Waals surface area (Å²) in [6.07, 6.45) is 3.10. The van der Waals surface area contributed by atoms with Crippen LogP contribution in [0.5, 0.6) is 0 Å². The number of benzene rings is 2. The van der Waals surface area contributed by atoms with E-state index in [1.54, 1.807) is 0 Å². The zero-order chi connectivity index (χ0) is 32.3. The van der Waals surface area contributed by atoms with Crippen molar-refractivity contribution in [2.75, 3.05) is 125 Å². The Kier molecular flexibility index (Phi) is 8.33. The van der Waals surface area contributed by atoms with Crippen LogP contribution in [0.4, 0.5) is 22.7 Å². The van der Waals surface area contributed by atoms with E-state index in [9.17, 15) is 0 Å². The zero-order valence-electron chi connectivity index (χ0n) is 28.2. The summed E-state index contributed by atoms with van der Waals surface area (Å²) in [7, 11) is 0. The Balaban J connectivity index is 1.00. The highest BCUT2D eigenvalue weighted by Gasteiger charge is 2.36. The molecule has 2 aromatic rings. The average Bonchev–Trinajstić information content (AvgIpc) is 3.91. The fourth-order valence-electron chi connectivity index (χ4n) is 6.98. The molecule has 264 valence electrons. The lowest BCUT2D eigenvalue weighted by molar-refractivity contribution is 0.388. The van der Waals surface area contributed by atoms with Crippen molar-refractivity contribution < 1.29 is 37.9 Å². The van der Waals surface area contributed by atoms with Gasteiger partial charge in [-0.25, -0.2) is 0 Å². The molecule has 0 spiro atoms. The summed E-state index contributed by atoms with van der Waals surface area (Å²) in [6, 6.07) is 14.3. The number of rotatable bonds is 22. The molecule has 8 unspecified atom stereocenters. The molecule has 8 fully saturated rings. The van der Waals surface area contributed by atoms with E-state index in [4.69, 9.17) is 37.9 Å². The molecule has 0 N–H and O–H groups in total. The van der Waals surface area contributed by atoms with Crippen LogP contribution in [0.15, 0.2) is 36.4 Å². The normalized spacial score (nSPS) is 32.3. The van der Waals surface area contributed by atoms with Gasteiger partial charge < -0.3 is 57.5 Å². The van der Waals surface area contributed by atoms with Gasteiger partial charge in [-0.3, -0.25) is 0 Å². The summed E-state index contributed by atoms with van der Waals surface area (Å²) >= 11 is 0. The number of epoxide rings is 8. The third-order valence-corrected chi connectivity index (χ3v) is 10.4. The fourth-order valence-corrected chi connectivity index (χ4v) is 6.98. The minimum absolute atomic E-state index is 0.287. The van der Waals surface area contributed by atoms with Gasteiger partial charge in [-0.2, -0.15) is 0 Å². The Morgan fingerprint density at radius 2 is 0.510 bits per heavy atom. The Labute approximate surface area is 288 Å². The summed E-state index contributed by atoms with van der Waals surface area (Å²) in [5.41, 5.74) is 7.49. The van der Waals surface area contributed by atoms with E-state index in [-0.39, 0.29) is 48.8 Å². The highest BCUT2D eigenvalue weighted by atomic mass is 16.6. The average molecular weight is 677 g/mol. The minimum atomic E-state index is 0.287. The van der Waals surface area contributed by atoms with Crippen molar-refractivity contribution in [3.05, 3.63) is 47.5 Å². The second-order valence-corrected chi connectivity index (χ2v) is 15.2.